The number of nitrogens with zero attached hydrogens (tertiary/aromatic N) is 1. The number of aliphatic carboxylic acids is 1. The fourth-order valence-corrected chi connectivity index (χ4v) is 7.71. The van der Waals surface area contributed by atoms with Gasteiger partial charge in [-0.15, -0.1) is 0 Å². The van der Waals surface area contributed by atoms with Gasteiger partial charge in [-0.3, -0.25) is 9.59 Å². The number of carboxylic acid groups (broad SMARTS) is 1. The second-order valence-electron chi connectivity index (χ2n) is 18.4. The minimum absolute atomic E-state index is 0.0450. The maximum atomic E-state index is 12.8. The van der Waals surface area contributed by atoms with E-state index in [4.69, 9.17) is 14.2 Å². The van der Waals surface area contributed by atoms with E-state index >= 15 is 0 Å². The number of carbonyl (C=O) groups excluding carboxylic acids is 3. The number of rotatable bonds is 46. The molecule has 0 saturated heterocycles. The summed E-state index contributed by atoms with van der Waals surface area (Å²) in [6.45, 7) is 4.70. The molecule has 0 rings (SSSR count). The molecule has 0 aromatic heterocycles. The van der Waals surface area contributed by atoms with Gasteiger partial charge < -0.3 is 28.6 Å². The Bertz CT molecular complexity index is 978. The third-order valence-electron chi connectivity index (χ3n) is 11.7. The number of allylic oxidation sites excluding steroid dienone is 2. The second-order valence-corrected chi connectivity index (χ2v) is 18.4. The third kappa shape index (κ3) is 41.2. The predicted octanol–water partition coefficient (Wildman–Crippen LogP) is 12.9. The molecule has 59 heavy (non-hydrogen) atoms. The largest absolute Gasteiger partial charge is 0.544 e. The number of ether oxygens (including phenoxy) is 3. The molecule has 0 bridgehead atoms. The van der Waals surface area contributed by atoms with E-state index in [2.05, 4.69) is 26.0 Å². The van der Waals surface area contributed by atoms with Crippen LogP contribution < -0.4 is 5.11 Å². The van der Waals surface area contributed by atoms with Crippen LogP contribution in [0.25, 0.3) is 0 Å². The normalized spacial score (nSPS) is 12.9. The van der Waals surface area contributed by atoms with Crippen molar-refractivity contribution in [2.24, 2.45) is 0 Å². The quantitative estimate of drug-likeness (QED) is 0.0260. The molecular formula is C51H97NO7. The molecule has 2 unspecified atom stereocenters. The molecule has 0 aliphatic heterocycles. The first-order chi connectivity index (χ1) is 28.6. The Hall–Kier alpha value is -1.93. The minimum Gasteiger partial charge on any atom is -0.544 e. The lowest BCUT2D eigenvalue weighted by Crippen LogP contribution is -2.55. The van der Waals surface area contributed by atoms with Gasteiger partial charge in [-0.1, -0.05) is 199 Å². The Morgan fingerprint density at radius 3 is 1.22 bits per heavy atom. The van der Waals surface area contributed by atoms with Gasteiger partial charge in [0, 0.05) is 19.3 Å². The van der Waals surface area contributed by atoms with Gasteiger partial charge in [0.15, 0.2) is 6.10 Å². The monoisotopic (exact) mass is 836 g/mol. The maximum absolute atomic E-state index is 12.8. The van der Waals surface area contributed by atoms with Crippen molar-refractivity contribution in [3.8, 4) is 0 Å². The average Bonchev–Trinajstić information content (AvgIpc) is 3.19. The first-order valence-electron chi connectivity index (χ1n) is 25.2. The fraction of sp³-hybridized carbons (Fsp3) is 0.902. The van der Waals surface area contributed by atoms with Gasteiger partial charge in [-0.05, 0) is 38.5 Å². The standard InChI is InChI=1S/C51H97NO7/c1-6-8-10-12-14-16-18-20-22-24-25-26-28-30-32-34-36-38-40-42-50(54)59-47(45-57-44-43-48(51(55)56)52(3,4)5)46-58-49(53)41-39-37-35-33-31-29-27-23-21-19-17-15-13-11-9-7-2/h24-25,47-48H,6-23,26-46H2,1-5H3/b25-24+. The van der Waals surface area contributed by atoms with E-state index in [0.29, 0.717) is 12.8 Å². The van der Waals surface area contributed by atoms with Crippen LogP contribution >= 0.6 is 0 Å². The summed E-state index contributed by atoms with van der Waals surface area (Å²) < 4.78 is 17.2. The molecule has 0 amide bonds. The smallest absolute Gasteiger partial charge is 0.306 e. The molecule has 0 fully saturated rings. The molecule has 8 nitrogen and oxygen atoms in total. The van der Waals surface area contributed by atoms with E-state index < -0.39 is 18.1 Å². The molecule has 348 valence electrons. The molecule has 0 saturated carbocycles. The van der Waals surface area contributed by atoms with Crippen molar-refractivity contribution in [1.29, 1.82) is 0 Å². The summed E-state index contributed by atoms with van der Waals surface area (Å²) in [5, 5.41) is 11.6. The molecule has 0 spiro atoms. The summed E-state index contributed by atoms with van der Waals surface area (Å²) in [5.41, 5.74) is 0. The summed E-state index contributed by atoms with van der Waals surface area (Å²) >= 11 is 0. The van der Waals surface area contributed by atoms with Crippen LogP contribution in [-0.4, -0.2) is 75.5 Å². The Labute approximate surface area is 365 Å². The van der Waals surface area contributed by atoms with Crippen LogP contribution in [-0.2, 0) is 28.6 Å². The van der Waals surface area contributed by atoms with Gasteiger partial charge in [0.25, 0.3) is 0 Å². The van der Waals surface area contributed by atoms with Crippen LogP contribution in [0.1, 0.15) is 245 Å². The van der Waals surface area contributed by atoms with Crippen LogP contribution in [0.5, 0.6) is 0 Å². The lowest BCUT2D eigenvalue weighted by atomic mass is 10.0. The first kappa shape index (κ1) is 57.1. The van der Waals surface area contributed by atoms with Crippen LogP contribution in [0.15, 0.2) is 12.2 Å². The van der Waals surface area contributed by atoms with E-state index in [0.717, 1.165) is 38.5 Å². The van der Waals surface area contributed by atoms with Gasteiger partial charge in [0.1, 0.15) is 12.6 Å². The molecule has 8 heteroatoms. The van der Waals surface area contributed by atoms with E-state index in [1.165, 1.54) is 173 Å². The molecule has 0 aromatic carbocycles. The Balaban J connectivity index is 4.24. The average molecular weight is 836 g/mol. The van der Waals surface area contributed by atoms with Crippen LogP contribution in [0.4, 0.5) is 0 Å². The van der Waals surface area contributed by atoms with Crippen LogP contribution in [0.3, 0.4) is 0 Å². The SMILES string of the molecule is CCCCCCCCCC/C=C/CCCCCCCCCC(=O)OC(COCCC(C(=O)[O-])[N+](C)(C)C)COC(=O)CCCCCCCCCCCCCCCCCC. The van der Waals surface area contributed by atoms with Crippen molar-refractivity contribution in [1.82, 2.24) is 0 Å². The van der Waals surface area contributed by atoms with Crippen LogP contribution in [0, 0.1) is 0 Å². The van der Waals surface area contributed by atoms with Crippen molar-refractivity contribution in [2.75, 3.05) is 41.0 Å². The zero-order valence-corrected chi connectivity index (χ0v) is 39.7. The molecule has 2 atom stereocenters. The van der Waals surface area contributed by atoms with E-state index in [1.54, 1.807) is 0 Å². The lowest BCUT2D eigenvalue weighted by Gasteiger charge is -2.34. The lowest BCUT2D eigenvalue weighted by molar-refractivity contribution is -0.889. The Morgan fingerprint density at radius 2 is 0.847 bits per heavy atom. The Morgan fingerprint density at radius 1 is 0.492 bits per heavy atom. The molecule has 0 heterocycles. The summed E-state index contributed by atoms with van der Waals surface area (Å²) in [7, 11) is 5.42. The van der Waals surface area contributed by atoms with E-state index in [1.807, 2.05) is 21.1 Å². The van der Waals surface area contributed by atoms with Crippen molar-refractivity contribution in [3.63, 3.8) is 0 Å². The van der Waals surface area contributed by atoms with E-state index in [-0.39, 0.29) is 42.7 Å². The highest BCUT2D eigenvalue weighted by molar-refractivity contribution is 5.70. The van der Waals surface area contributed by atoms with Gasteiger partial charge >= 0.3 is 11.9 Å². The number of hydrogen-bond acceptors (Lipinski definition) is 7. The summed E-state index contributed by atoms with van der Waals surface area (Å²) in [6, 6.07) is -0.722. The van der Waals surface area contributed by atoms with Crippen molar-refractivity contribution < 1.29 is 38.2 Å². The van der Waals surface area contributed by atoms with Gasteiger partial charge in [0.05, 0.1) is 40.3 Å². The number of quaternary nitrogens is 1. The number of carbonyl (C=O) groups is 3. The van der Waals surface area contributed by atoms with Crippen molar-refractivity contribution in [3.05, 3.63) is 12.2 Å². The molecule has 0 aliphatic carbocycles. The molecule has 0 N–H and O–H groups in total. The third-order valence-corrected chi connectivity index (χ3v) is 11.7. The van der Waals surface area contributed by atoms with E-state index in [9.17, 15) is 19.5 Å². The second kappa shape index (κ2) is 42.7. The van der Waals surface area contributed by atoms with Gasteiger partial charge in [-0.2, -0.15) is 0 Å². The summed E-state index contributed by atoms with van der Waals surface area (Å²) in [5.74, 6) is -1.72. The highest BCUT2D eigenvalue weighted by Crippen LogP contribution is 2.16. The number of carboxylic acids is 1. The fourth-order valence-electron chi connectivity index (χ4n) is 7.71. The van der Waals surface area contributed by atoms with Crippen molar-refractivity contribution >= 4 is 17.9 Å². The number of unbranched alkanes of at least 4 members (excludes halogenated alkanes) is 30. The van der Waals surface area contributed by atoms with Crippen LogP contribution in [0.2, 0.25) is 0 Å². The summed E-state index contributed by atoms with van der Waals surface area (Å²) in [4.78, 5) is 37.0. The molecule has 0 aliphatic rings. The van der Waals surface area contributed by atoms with Crippen molar-refractivity contribution in [2.45, 2.75) is 257 Å². The highest BCUT2D eigenvalue weighted by atomic mass is 16.6. The number of likely N-dealkylation sites (N-methyl/N-ethyl adjacent to an activating group) is 1. The minimum atomic E-state index is -1.12. The predicted molar refractivity (Wildman–Crippen MR) is 245 cm³/mol. The van der Waals surface area contributed by atoms with Gasteiger partial charge in [-0.25, -0.2) is 0 Å². The zero-order valence-electron chi connectivity index (χ0n) is 39.7. The molecule has 0 aromatic rings. The zero-order chi connectivity index (χ0) is 43.5. The number of esters is 2. The number of hydrogen-bond donors (Lipinski definition) is 0. The molecule has 0 radical (unpaired) electrons. The first-order valence-corrected chi connectivity index (χ1v) is 25.2. The van der Waals surface area contributed by atoms with Gasteiger partial charge in [0.2, 0.25) is 0 Å². The topological polar surface area (TPSA) is 102 Å². The molecular weight excluding hydrogens is 739 g/mol. The maximum Gasteiger partial charge on any atom is 0.306 e. The highest BCUT2D eigenvalue weighted by Gasteiger charge is 2.25. The Kier molecular flexibility index (Phi) is 41.3. The summed E-state index contributed by atoms with van der Waals surface area (Å²) in [6.07, 6.45) is 46.6.